The molecule has 2 N–H and O–H groups in total. The first-order valence-electron chi connectivity index (χ1n) is 5.45. The van der Waals surface area contributed by atoms with Crippen LogP contribution in [-0.4, -0.2) is 20.1 Å². The molecule has 0 aliphatic carbocycles. The lowest BCUT2D eigenvalue weighted by Gasteiger charge is -2.20. The Morgan fingerprint density at radius 2 is 1.73 bits per heavy atom. The van der Waals surface area contributed by atoms with E-state index in [1.807, 2.05) is 0 Å². The van der Waals surface area contributed by atoms with E-state index in [0.29, 0.717) is 0 Å². The minimum atomic E-state index is 0.214. The lowest BCUT2D eigenvalue weighted by molar-refractivity contribution is 0.736. The molecule has 1 aromatic rings. The van der Waals surface area contributed by atoms with Gasteiger partial charge >= 0.3 is 0 Å². The topological polar surface area (TPSA) is 29.3 Å². The van der Waals surface area contributed by atoms with E-state index in [-0.39, 0.29) is 6.04 Å². The summed E-state index contributed by atoms with van der Waals surface area (Å²) in [4.78, 5) is 2.16. The molecule has 0 aliphatic heterocycles. The molecule has 1 unspecified atom stereocenters. The Morgan fingerprint density at radius 3 is 2.20 bits per heavy atom. The molecule has 0 heterocycles. The molecule has 0 fully saturated rings. The van der Waals surface area contributed by atoms with Crippen molar-refractivity contribution in [1.82, 2.24) is 0 Å². The van der Waals surface area contributed by atoms with E-state index in [9.17, 15) is 0 Å². The van der Waals surface area contributed by atoms with Crippen molar-refractivity contribution in [1.29, 1.82) is 0 Å². The highest BCUT2D eigenvalue weighted by atomic mass is 15.1. The molecule has 0 aliphatic rings. The highest BCUT2D eigenvalue weighted by molar-refractivity contribution is 5.56. The van der Waals surface area contributed by atoms with Gasteiger partial charge in [0.05, 0.1) is 0 Å². The molecule has 0 aromatic heterocycles. The normalized spacial score (nSPS) is 12.7. The molecule has 2 nitrogen and oxygen atoms in total. The lowest BCUT2D eigenvalue weighted by atomic mass is 9.99. The molecule has 1 rings (SSSR count). The number of nitrogens with zero attached hydrogens (tertiary/aromatic N) is 1. The Morgan fingerprint density at radius 1 is 1.20 bits per heavy atom. The molecule has 0 bridgehead atoms. The smallest absolute Gasteiger partial charge is 0.0397 e. The predicted octanol–water partition coefficient (Wildman–Crippen LogP) is 2.26. The summed E-state index contributed by atoms with van der Waals surface area (Å²) in [7, 11) is 4.16. The fraction of sp³-hybridized carbons (Fsp3) is 0.538. The molecule has 0 amide bonds. The molecule has 1 atom stereocenters. The maximum absolute atomic E-state index is 5.86. The number of aryl methyl sites for hydroxylation is 2. The van der Waals surface area contributed by atoms with Gasteiger partial charge in [-0.05, 0) is 49.9 Å². The van der Waals surface area contributed by atoms with E-state index in [1.165, 1.54) is 22.4 Å². The fourth-order valence-electron chi connectivity index (χ4n) is 1.79. The molecular weight excluding hydrogens is 184 g/mol. The Hall–Kier alpha value is -1.02. The zero-order valence-electron chi connectivity index (χ0n) is 10.5. The van der Waals surface area contributed by atoms with Gasteiger partial charge in [-0.3, -0.25) is 0 Å². The van der Waals surface area contributed by atoms with Crippen LogP contribution < -0.4 is 10.6 Å². The quantitative estimate of drug-likeness (QED) is 0.822. The highest BCUT2D eigenvalue weighted by Gasteiger charge is 2.08. The molecule has 0 saturated carbocycles. The first-order chi connectivity index (χ1) is 6.91. The molecule has 2 heteroatoms. The maximum Gasteiger partial charge on any atom is 0.0397 e. The first kappa shape index (κ1) is 12.1. The summed E-state index contributed by atoms with van der Waals surface area (Å²) in [6.07, 6.45) is 0.939. The van der Waals surface area contributed by atoms with Gasteiger partial charge in [0.1, 0.15) is 0 Å². The van der Waals surface area contributed by atoms with E-state index in [2.05, 4.69) is 51.9 Å². The maximum atomic E-state index is 5.86. The third-order valence-corrected chi connectivity index (χ3v) is 2.72. The standard InChI is InChI=1S/C13H22N2/c1-9-6-12(8-11(3)14)13(15(4)5)7-10(9)2/h6-7,11H,8,14H2,1-5H3. The van der Waals surface area contributed by atoms with Crippen LogP contribution in [0.4, 0.5) is 5.69 Å². The number of rotatable bonds is 3. The highest BCUT2D eigenvalue weighted by Crippen LogP contribution is 2.24. The summed E-state index contributed by atoms with van der Waals surface area (Å²) in [5.41, 5.74) is 11.2. The largest absolute Gasteiger partial charge is 0.377 e. The van der Waals surface area contributed by atoms with Gasteiger partial charge in [0.25, 0.3) is 0 Å². The Kier molecular flexibility index (Phi) is 3.75. The van der Waals surface area contributed by atoms with Crippen LogP contribution in [0.25, 0.3) is 0 Å². The van der Waals surface area contributed by atoms with Crippen LogP contribution >= 0.6 is 0 Å². The van der Waals surface area contributed by atoms with Crippen molar-refractivity contribution < 1.29 is 0 Å². The van der Waals surface area contributed by atoms with Crippen LogP contribution in [0, 0.1) is 13.8 Å². The molecular formula is C13H22N2. The van der Waals surface area contributed by atoms with E-state index < -0.39 is 0 Å². The van der Waals surface area contributed by atoms with Gasteiger partial charge in [-0.1, -0.05) is 6.07 Å². The van der Waals surface area contributed by atoms with Gasteiger partial charge in [-0.15, -0.1) is 0 Å². The van der Waals surface area contributed by atoms with Crippen LogP contribution in [0.5, 0.6) is 0 Å². The predicted molar refractivity (Wildman–Crippen MR) is 67.6 cm³/mol. The number of hydrogen-bond donors (Lipinski definition) is 1. The fourth-order valence-corrected chi connectivity index (χ4v) is 1.79. The van der Waals surface area contributed by atoms with Crippen molar-refractivity contribution in [3.8, 4) is 0 Å². The zero-order chi connectivity index (χ0) is 11.6. The molecule has 15 heavy (non-hydrogen) atoms. The Bertz CT molecular complexity index is 341. The summed E-state index contributed by atoms with van der Waals surface area (Å²) >= 11 is 0. The van der Waals surface area contributed by atoms with E-state index >= 15 is 0 Å². The van der Waals surface area contributed by atoms with Crippen LogP contribution in [0.15, 0.2) is 12.1 Å². The third-order valence-electron chi connectivity index (χ3n) is 2.72. The van der Waals surface area contributed by atoms with E-state index in [0.717, 1.165) is 6.42 Å². The second kappa shape index (κ2) is 4.67. The minimum Gasteiger partial charge on any atom is -0.377 e. The molecule has 1 aromatic carbocycles. The monoisotopic (exact) mass is 206 g/mol. The van der Waals surface area contributed by atoms with Crippen molar-refractivity contribution in [3.63, 3.8) is 0 Å². The number of benzene rings is 1. The Labute approximate surface area is 93.1 Å². The van der Waals surface area contributed by atoms with Crippen LogP contribution in [0.2, 0.25) is 0 Å². The number of hydrogen-bond acceptors (Lipinski definition) is 2. The van der Waals surface area contributed by atoms with Crippen LogP contribution in [0.3, 0.4) is 0 Å². The molecule has 0 radical (unpaired) electrons. The van der Waals surface area contributed by atoms with Gasteiger partial charge in [0.2, 0.25) is 0 Å². The van der Waals surface area contributed by atoms with Gasteiger partial charge in [-0.2, -0.15) is 0 Å². The van der Waals surface area contributed by atoms with Gasteiger partial charge < -0.3 is 10.6 Å². The van der Waals surface area contributed by atoms with E-state index in [1.54, 1.807) is 0 Å². The van der Waals surface area contributed by atoms with Gasteiger partial charge in [0.15, 0.2) is 0 Å². The molecule has 84 valence electrons. The van der Waals surface area contributed by atoms with Crippen molar-refractivity contribution in [3.05, 3.63) is 28.8 Å². The average molecular weight is 206 g/mol. The lowest BCUT2D eigenvalue weighted by Crippen LogP contribution is -2.20. The second-order valence-corrected chi connectivity index (χ2v) is 4.64. The van der Waals surface area contributed by atoms with Crippen LogP contribution in [-0.2, 0) is 6.42 Å². The first-order valence-corrected chi connectivity index (χ1v) is 5.45. The Balaban J connectivity index is 3.16. The number of anilines is 1. The summed E-state index contributed by atoms with van der Waals surface area (Å²) in [6.45, 7) is 6.35. The molecule has 0 saturated heterocycles. The average Bonchev–Trinajstić information content (AvgIpc) is 2.09. The summed E-state index contributed by atoms with van der Waals surface area (Å²) in [5, 5.41) is 0. The minimum absolute atomic E-state index is 0.214. The van der Waals surface area contributed by atoms with Gasteiger partial charge in [0, 0.05) is 25.8 Å². The van der Waals surface area contributed by atoms with Gasteiger partial charge in [-0.25, -0.2) is 0 Å². The van der Waals surface area contributed by atoms with Crippen LogP contribution in [0.1, 0.15) is 23.6 Å². The van der Waals surface area contributed by atoms with Crippen molar-refractivity contribution >= 4 is 5.69 Å². The van der Waals surface area contributed by atoms with E-state index in [4.69, 9.17) is 5.73 Å². The third kappa shape index (κ3) is 2.96. The van der Waals surface area contributed by atoms with Crippen molar-refractivity contribution in [2.45, 2.75) is 33.2 Å². The summed E-state index contributed by atoms with van der Waals surface area (Å²) in [5.74, 6) is 0. The zero-order valence-corrected chi connectivity index (χ0v) is 10.5. The number of nitrogens with two attached hydrogens (primary N) is 1. The van der Waals surface area contributed by atoms with Crippen molar-refractivity contribution in [2.75, 3.05) is 19.0 Å². The SMILES string of the molecule is Cc1cc(CC(C)N)c(N(C)C)cc1C. The van der Waals surface area contributed by atoms with Crippen molar-refractivity contribution in [2.24, 2.45) is 5.73 Å². The summed E-state index contributed by atoms with van der Waals surface area (Å²) in [6, 6.07) is 4.71. The molecule has 0 spiro atoms. The second-order valence-electron chi connectivity index (χ2n) is 4.64. The summed E-state index contributed by atoms with van der Waals surface area (Å²) < 4.78 is 0.